The second-order valence-corrected chi connectivity index (χ2v) is 10.9. The monoisotopic (exact) mass is 425 g/mol. The Morgan fingerprint density at radius 1 is 1.31 bits per heavy atom. The quantitative estimate of drug-likeness (QED) is 0.551. The summed E-state index contributed by atoms with van der Waals surface area (Å²) in [6.07, 6.45) is 10.9. The van der Waals surface area contributed by atoms with Crippen LogP contribution in [-0.2, 0) is 24.2 Å². The summed E-state index contributed by atoms with van der Waals surface area (Å²) in [5.41, 5.74) is 3.61. The Labute approximate surface area is 179 Å². The van der Waals surface area contributed by atoms with Gasteiger partial charge < -0.3 is 5.32 Å². The van der Waals surface area contributed by atoms with E-state index in [9.17, 15) is 4.79 Å². The molecule has 3 aromatic rings. The summed E-state index contributed by atoms with van der Waals surface area (Å²) < 4.78 is 1.16. The summed E-state index contributed by atoms with van der Waals surface area (Å²) in [7, 11) is 0. The molecule has 1 aliphatic heterocycles. The van der Waals surface area contributed by atoms with E-state index in [-0.39, 0.29) is 0 Å². The highest BCUT2D eigenvalue weighted by atomic mass is 32.1. The van der Waals surface area contributed by atoms with E-state index < -0.39 is 0 Å². The van der Waals surface area contributed by atoms with Crippen molar-refractivity contribution in [3.8, 4) is 10.6 Å². The highest BCUT2D eigenvalue weighted by Crippen LogP contribution is 2.42. The molecule has 0 unspecified atom stereocenters. The fourth-order valence-electron chi connectivity index (χ4n) is 4.81. The van der Waals surface area contributed by atoms with Gasteiger partial charge in [-0.1, -0.05) is 13.3 Å². The van der Waals surface area contributed by atoms with Crippen molar-refractivity contribution >= 4 is 38.7 Å². The largest absolute Gasteiger partial charge is 0.312 e. The standard InChI is InChI=1S/C23H27N3OS2/c1-14-9-15(10-14)3-2-4-16(27)11-20-22(17-5-7-25-13-21(17)28-20)23-26-18-12-24-8-6-19(18)29-23/h6,8,12,14-15,25H,2-5,7,9-11,13H2,1H3. The van der Waals surface area contributed by atoms with Crippen molar-refractivity contribution in [1.82, 2.24) is 15.3 Å². The fourth-order valence-corrected chi connectivity index (χ4v) is 7.26. The van der Waals surface area contributed by atoms with Crippen molar-refractivity contribution in [3.05, 3.63) is 33.8 Å². The molecule has 3 aromatic heterocycles. The van der Waals surface area contributed by atoms with Crippen molar-refractivity contribution in [2.45, 2.75) is 58.4 Å². The zero-order valence-electron chi connectivity index (χ0n) is 16.9. The van der Waals surface area contributed by atoms with Gasteiger partial charge in [0.15, 0.2) is 0 Å². The lowest BCUT2D eigenvalue weighted by molar-refractivity contribution is -0.118. The van der Waals surface area contributed by atoms with E-state index in [4.69, 9.17) is 4.98 Å². The van der Waals surface area contributed by atoms with Crippen LogP contribution in [0.15, 0.2) is 18.5 Å². The Hall–Kier alpha value is -1.63. The maximum absolute atomic E-state index is 12.8. The van der Waals surface area contributed by atoms with Crippen molar-refractivity contribution < 1.29 is 4.79 Å². The average Bonchev–Trinajstić information content (AvgIpc) is 3.26. The Morgan fingerprint density at radius 3 is 3.03 bits per heavy atom. The normalized spacial score (nSPS) is 21.1. The van der Waals surface area contributed by atoms with Crippen LogP contribution in [0.3, 0.4) is 0 Å². The maximum Gasteiger partial charge on any atom is 0.138 e. The number of fused-ring (bicyclic) bond motifs is 2. The first-order chi connectivity index (χ1) is 14.2. The molecule has 6 heteroatoms. The van der Waals surface area contributed by atoms with Gasteiger partial charge in [0.2, 0.25) is 0 Å². The highest BCUT2D eigenvalue weighted by molar-refractivity contribution is 7.22. The summed E-state index contributed by atoms with van der Waals surface area (Å²) >= 11 is 3.54. The van der Waals surface area contributed by atoms with E-state index in [0.717, 1.165) is 59.4 Å². The van der Waals surface area contributed by atoms with Crippen LogP contribution in [0.5, 0.6) is 0 Å². The lowest BCUT2D eigenvalue weighted by Gasteiger charge is -2.32. The van der Waals surface area contributed by atoms with Crippen LogP contribution in [0.2, 0.25) is 0 Å². The number of thiophene rings is 1. The average molecular weight is 426 g/mol. The number of Topliss-reactive ketones (excluding diaryl/α,β-unsaturated/α-hetero) is 1. The molecule has 0 aromatic carbocycles. The lowest BCUT2D eigenvalue weighted by Crippen LogP contribution is -2.22. The molecular weight excluding hydrogens is 398 g/mol. The Kier molecular flexibility index (Phi) is 5.50. The van der Waals surface area contributed by atoms with Crippen LogP contribution in [0.25, 0.3) is 20.8 Å². The molecule has 29 heavy (non-hydrogen) atoms. The molecule has 1 N–H and O–H groups in total. The van der Waals surface area contributed by atoms with Gasteiger partial charge in [-0.05, 0) is 55.7 Å². The third-order valence-corrected chi connectivity index (χ3v) is 8.59. The van der Waals surface area contributed by atoms with Gasteiger partial charge in [0.05, 0.1) is 10.9 Å². The molecule has 0 atom stereocenters. The fraction of sp³-hybridized carbons (Fsp3) is 0.522. The Bertz CT molecular complexity index is 999. The van der Waals surface area contributed by atoms with Crippen molar-refractivity contribution in [1.29, 1.82) is 0 Å². The third kappa shape index (κ3) is 4.03. The summed E-state index contributed by atoms with van der Waals surface area (Å²) in [6, 6.07) is 2.03. The SMILES string of the molecule is CC1CC(CCCC(=O)Cc2sc3c(c2-c2nc4cnccc4s2)CCNC3)C1. The van der Waals surface area contributed by atoms with Gasteiger partial charge >= 0.3 is 0 Å². The van der Waals surface area contributed by atoms with Crippen LogP contribution in [0, 0.1) is 11.8 Å². The smallest absolute Gasteiger partial charge is 0.138 e. The van der Waals surface area contributed by atoms with Gasteiger partial charge in [-0.25, -0.2) is 4.98 Å². The third-order valence-electron chi connectivity index (χ3n) is 6.30. The molecular formula is C23H27N3OS2. The number of nitrogens with one attached hydrogen (secondary N) is 1. The first-order valence-corrected chi connectivity index (χ1v) is 12.4. The highest BCUT2D eigenvalue weighted by Gasteiger charge is 2.26. The van der Waals surface area contributed by atoms with Crippen LogP contribution >= 0.6 is 22.7 Å². The molecule has 0 spiro atoms. The minimum Gasteiger partial charge on any atom is -0.312 e. The Morgan fingerprint density at radius 2 is 2.21 bits per heavy atom. The second kappa shape index (κ2) is 8.25. The molecule has 1 saturated carbocycles. The summed E-state index contributed by atoms with van der Waals surface area (Å²) in [6.45, 7) is 4.23. The van der Waals surface area contributed by atoms with E-state index >= 15 is 0 Å². The van der Waals surface area contributed by atoms with Gasteiger partial charge in [0.1, 0.15) is 16.3 Å². The minimum atomic E-state index is 0.382. The molecule has 0 saturated heterocycles. The number of aromatic nitrogens is 2. The number of nitrogens with zero attached hydrogens (tertiary/aromatic N) is 2. The topological polar surface area (TPSA) is 54.9 Å². The van der Waals surface area contributed by atoms with Gasteiger partial charge in [0.25, 0.3) is 0 Å². The molecule has 0 radical (unpaired) electrons. The van der Waals surface area contributed by atoms with Crippen molar-refractivity contribution in [2.24, 2.45) is 11.8 Å². The Balaban J connectivity index is 1.36. The zero-order chi connectivity index (χ0) is 19.8. The number of rotatable bonds is 7. The van der Waals surface area contributed by atoms with Crippen molar-refractivity contribution in [3.63, 3.8) is 0 Å². The zero-order valence-corrected chi connectivity index (χ0v) is 18.5. The first kappa shape index (κ1) is 19.3. The van der Waals surface area contributed by atoms with E-state index in [1.807, 2.05) is 29.8 Å². The van der Waals surface area contributed by atoms with E-state index in [2.05, 4.69) is 17.2 Å². The van der Waals surface area contributed by atoms with Gasteiger partial charge in [0, 0.05) is 40.9 Å². The molecule has 0 amide bonds. The molecule has 1 fully saturated rings. The van der Waals surface area contributed by atoms with E-state index in [0.29, 0.717) is 12.2 Å². The van der Waals surface area contributed by atoms with Crippen LogP contribution in [0.4, 0.5) is 0 Å². The maximum atomic E-state index is 12.8. The van der Waals surface area contributed by atoms with Crippen LogP contribution in [-0.4, -0.2) is 22.3 Å². The number of thiazole rings is 1. The second-order valence-electron chi connectivity index (χ2n) is 8.64. The van der Waals surface area contributed by atoms with Gasteiger partial charge in [-0.3, -0.25) is 9.78 Å². The van der Waals surface area contributed by atoms with Gasteiger partial charge in [-0.2, -0.15) is 0 Å². The first-order valence-electron chi connectivity index (χ1n) is 10.7. The number of ketones is 1. The number of hydrogen-bond donors (Lipinski definition) is 1. The number of carbonyl (C=O) groups excluding carboxylic acids is 1. The number of hydrogen-bond acceptors (Lipinski definition) is 6. The number of carbonyl (C=O) groups is 1. The molecule has 152 valence electrons. The van der Waals surface area contributed by atoms with Crippen LogP contribution in [0.1, 0.15) is 54.3 Å². The molecule has 2 aliphatic rings. The lowest BCUT2D eigenvalue weighted by atomic mass is 9.74. The molecule has 4 nitrogen and oxygen atoms in total. The molecule has 1 aliphatic carbocycles. The predicted octanol–water partition coefficient (Wildman–Crippen LogP) is 5.39. The van der Waals surface area contributed by atoms with E-state index in [1.165, 1.54) is 40.1 Å². The van der Waals surface area contributed by atoms with Crippen LogP contribution < -0.4 is 5.32 Å². The number of pyridine rings is 1. The predicted molar refractivity (Wildman–Crippen MR) is 121 cm³/mol. The van der Waals surface area contributed by atoms with E-state index in [1.54, 1.807) is 11.3 Å². The van der Waals surface area contributed by atoms with Crippen molar-refractivity contribution in [2.75, 3.05) is 6.54 Å². The summed E-state index contributed by atoms with van der Waals surface area (Å²) in [5.74, 6) is 2.14. The molecule has 4 heterocycles. The summed E-state index contributed by atoms with van der Waals surface area (Å²) in [4.78, 5) is 24.5. The summed E-state index contributed by atoms with van der Waals surface area (Å²) in [5, 5.41) is 4.53. The minimum absolute atomic E-state index is 0.382. The molecule has 5 rings (SSSR count). The molecule has 0 bridgehead atoms. The van der Waals surface area contributed by atoms with Gasteiger partial charge in [-0.15, -0.1) is 22.7 Å².